The average Bonchev–Trinajstić information content (AvgIpc) is 2.32. The Morgan fingerprint density at radius 1 is 0.941 bits per heavy atom. The molecule has 0 heterocycles. The van der Waals surface area contributed by atoms with Gasteiger partial charge in [-0.2, -0.15) is 0 Å². The molecule has 0 N–H and O–H groups in total. The smallest absolute Gasteiger partial charge is 0.119 e. The van der Waals surface area contributed by atoms with Crippen molar-refractivity contribution >= 4 is 0 Å². The van der Waals surface area contributed by atoms with Crippen molar-refractivity contribution in [2.75, 3.05) is 20.3 Å². The van der Waals surface area contributed by atoms with Crippen LogP contribution in [0.15, 0.2) is 24.3 Å². The highest BCUT2D eigenvalue weighted by molar-refractivity contribution is 5.26. The van der Waals surface area contributed by atoms with Gasteiger partial charge >= 0.3 is 0 Å². The number of methoxy groups -OCH3 is 1. The van der Waals surface area contributed by atoms with Crippen LogP contribution in [0.1, 0.15) is 38.7 Å². The van der Waals surface area contributed by atoms with E-state index in [4.69, 9.17) is 9.47 Å². The molecule has 0 bridgehead atoms. The predicted molar refractivity (Wildman–Crippen MR) is 73.7 cm³/mol. The highest BCUT2D eigenvalue weighted by atomic mass is 16.5. The second kappa shape index (κ2) is 11.5. The minimum Gasteiger partial charge on any atom is -0.494 e. The molecule has 0 amide bonds. The topological polar surface area (TPSA) is 18.5 Å². The van der Waals surface area contributed by atoms with Gasteiger partial charge in [-0.3, -0.25) is 0 Å². The molecule has 0 unspecified atom stereocenters. The number of hydrogen-bond acceptors (Lipinski definition) is 2. The molecule has 0 aliphatic carbocycles. The summed E-state index contributed by atoms with van der Waals surface area (Å²) in [5, 5.41) is 0. The van der Waals surface area contributed by atoms with Crippen LogP contribution in [0.25, 0.3) is 0 Å². The van der Waals surface area contributed by atoms with E-state index >= 15 is 0 Å². The SMILES string of the molecule is CCC.COCCCCOc1ccc(C)cc1. The molecule has 0 atom stereocenters. The quantitative estimate of drug-likeness (QED) is 0.691. The van der Waals surface area contributed by atoms with Crippen LogP contribution in [0.2, 0.25) is 0 Å². The van der Waals surface area contributed by atoms with Crippen molar-refractivity contribution in [2.45, 2.75) is 40.0 Å². The van der Waals surface area contributed by atoms with Gasteiger partial charge < -0.3 is 9.47 Å². The van der Waals surface area contributed by atoms with Gasteiger partial charge in [0.15, 0.2) is 0 Å². The standard InChI is InChI=1S/C12H18O2.C3H8/c1-11-5-7-12(8-6-11)14-10-4-3-9-13-2;1-3-2/h5-8H,3-4,9-10H2,1-2H3;3H2,1-2H3. The average molecular weight is 238 g/mol. The van der Waals surface area contributed by atoms with Crippen LogP contribution in [0, 0.1) is 6.92 Å². The number of unbranched alkanes of at least 4 members (excludes halogenated alkanes) is 1. The Labute approximate surface area is 106 Å². The third-order valence-corrected chi connectivity index (χ3v) is 2.03. The molecule has 0 aromatic heterocycles. The summed E-state index contributed by atoms with van der Waals surface area (Å²) in [4.78, 5) is 0. The summed E-state index contributed by atoms with van der Waals surface area (Å²) in [5.74, 6) is 0.952. The number of hydrogen-bond donors (Lipinski definition) is 0. The molecule has 0 spiro atoms. The summed E-state index contributed by atoms with van der Waals surface area (Å²) in [6, 6.07) is 8.13. The van der Waals surface area contributed by atoms with Crippen LogP contribution in [-0.2, 0) is 4.74 Å². The Hall–Kier alpha value is -1.02. The summed E-state index contributed by atoms with van der Waals surface area (Å²) in [7, 11) is 1.72. The van der Waals surface area contributed by atoms with Gasteiger partial charge in [0.2, 0.25) is 0 Å². The van der Waals surface area contributed by atoms with Gasteiger partial charge in [0.25, 0.3) is 0 Å². The van der Waals surface area contributed by atoms with Crippen molar-refractivity contribution in [3.8, 4) is 5.75 Å². The lowest BCUT2D eigenvalue weighted by molar-refractivity contribution is 0.184. The molecule has 1 aromatic rings. The minimum absolute atomic E-state index is 0.770. The normalized spacial score (nSPS) is 9.41. The minimum atomic E-state index is 0.770. The van der Waals surface area contributed by atoms with Gasteiger partial charge in [0.1, 0.15) is 5.75 Å². The zero-order valence-electron chi connectivity index (χ0n) is 11.7. The third kappa shape index (κ3) is 9.88. The maximum atomic E-state index is 5.55. The zero-order chi connectivity index (χ0) is 12.9. The second-order valence-electron chi connectivity index (χ2n) is 4.07. The Balaban J connectivity index is 0.000000770. The summed E-state index contributed by atoms with van der Waals surface area (Å²) in [6.45, 7) is 7.91. The van der Waals surface area contributed by atoms with Crippen LogP contribution in [0.3, 0.4) is 0 Å². The first-order valence-electron chi connectivity index (χ1n) is 6.43. The summed E-state index contributed by atoms with van der Waals surface area (Å²) >= 11 is 0. The molecular weight excluding hydrogens is 212 g/mol. The molecule has 0 aliphatic rings. The predicted octanol–water partition coefficient (Wildman–Crippen LogP) is 4.22. The maximum absolute atomic E-state index is 5.55. The van der Waals surface area contributed by atoms with Gasteiger partial charge in [-0.25, -0.2) is 0 Å². The Morgan fingerprint density at radius 2 is 1.47 bits per heavy atom. The largest absolute Gasteiger partial charge is 0.494 e. The van der Waals surface area contributed by atoms with Crippen LogP contribution in [-0.4, -0.2) is 20.3 Å². The van der Waals surface area contributed by atoms with Gasteiger partial charge in [0.05, 0.1) is 6.61 Å². The van der Waals surface area contributed by atoms with E-state index in [1.807, 2.05) is 12.1 Å². The lowest BCUT2D eigenvalue weighted by atomic mass is 10.2. The fourth-order valence-electron chi connectivity index (χ4n) is 1.17. The molecule has 1 aromatic carbocycles. The fraction of sp³-hybridized carbons (Fsp3) is 0.600. The number of ether oxygens (including phenoxy) is 2. The molecule has 1 rings (SSSR count). The Bertz CT molecular complexity index is 254. The van der Waals surface area contributed by atoms with E-state index in [1.54, 1.807) is 7.11 Å². The highest BCUT2D eigenvalue weighted by Crippen LogP contribution is 2.11. The van der Waals surface area contributed by atoms with E-state index in [9.17, 15) is 0 Å². The molecule has 98 valence electrons. The first kappa shape index (κ1) is 16.0. The second-order valence-corrected chi connectivity index (χ2v) is 4.07. The molecular formula is C15H26O2. The molecule has 17 heavy (non-hydrogen) atoms. The lowest BCUT2D eigenvalue weighted by Gasteiger charge is -2.05. The maximum Gasteiger partial charge on any atom is 0.119 e. The monoisotopic (exact) mass is 238 g/mol. The fourth-order valence-corrected chi connectivity index (χ4v) is 1.17. The van der Waals surface area contributed by atoms with Crippen molar-refractivity contribution in [3.05, 3.63) is 29.8 Å². The van der Waals surface area contributed by atoms with Crippen molar-refractivity contribution in [2.24, 2.45) is 0 Å². The molecule has 0 radical (unpaired) electrons. The zero-order valence-corrected chi connectivity index (χ0v) is 11.7. The van der Waals surface area contributed by atoms with E-state index in [0.29, 0.717) is 0 Å². The summed E-state index contributed by atoms with van der Waals surface area (Å²) in [6.07, 6.45) is 3.35. The third-order valence-electron chi connectivity index (χ3n) is 2.03. The summed E-state index contributed by atoms with van der Waals surface area (Å²) < 4.78 is 10.5. The molecule has 0 saturated carbocycles. The van der Waals surface area contributed by atoms with Crippen molar-refractivity contribution < 1.29 is 9.47 Å². The van der Waals surface area contributed by atoms with Crippen molar-refractivity contribution in [1.29, 1.82) is 0 Å². The van der Waals surface area contributed by atoms with Gasteiger partial charge in [0, 0.05) is 13.7 Å². The first-order chi connectivity index (χ1) is 8.24. The van der Waals surface area contributed by atoms with Crippen molar-refractivity contribution in [1.82, 2.24) is 0 Å². The Kier molecular flexibility index (Phi) is 10.8. The Morgan fingerprint density at radius 3 is 2.00 bits per heavy atom. The summed E-state index contributed by atoms with van der Waals surface area (Å²) in [5.41, 5.74) is 1.26. The van der Waals surface area contributed by atoms with Gasteiger partial charge in [-0.05, 0) is 31.9 Å². The molecule has 0 fully saturated rings. The highest BCUT2D eigenvalue weighted by Gasteiger charge is 1.92. The van der Waals surface area contributed by atoms with Gasteiger partial charge in [-0.1, -0.05) is 38.0 Å². The van der Waals surface area contributed by atoms with Crippen LogP contribution >= 0.6 is 0 Å². The van der Waals surface area contributed by atoms with E-state index in [1.165, 1.54) is 12.0 Å². The molecule has 2 nitrogen and oxygen atoms in total. The first-order valence-corrected chi connectivity index (χ1v) is 6.43. The van der Waals surface area contributed by atoms with Crippen LogP contribution in [0.4, 0.5) is 0 Å². The van der Waals surface area contributed by atoms with E-state index in [-0.39, 0.29) is 0 Å². The molecule has 0 saturated heterocycles. The molecule has 2 heteroatoms. The molecule has 0 aliphatic heterocycles. The van der Waals surface area contributed by atoms with E-state index < -0.39 is 0 Å². The van der Waals surface area contributed by atoms with Crippen LogP contribution < -0.4 is 4.74 Å². The number of benzene rings is 1. The number of aryl methyl sites for hydroxylation is 1. The van der Waals surface area contributed by atoms with Crippen LogP contribution in [0.5, 0.6) is 5.75 Å². The van der Waals surface area contributed by atoms with Crippen molar-refractivity contribution in [3.63, 3.8) is 0 Å². The van der Waals surface area contributed by atoms with E-state index in [0.717, 1.165) is 31.8 Å². The number of rotatable bonds is 6. The van der Waals surface area contributed by atoms with E-state index in [2.05, 4.69) is 32.9 Å². The lowest BCUT2D eigenvalue weighted by Crippen LogP contribution is -1.99. The van der Waals surface area contributed by atoms with Gasteiger partial charge in [-0.15, -0.1) is 0 Å².